The number of nitrogens with one attached hydrogen (secondary N) is 1. The number of hydrogen-bond donors (Lipinski definition) is 1. The van der Waals surface area contributed by atoms with Gasteiger partial charge in [0.25, 0.3) is 0 Å². The third-order valence-corrected chi connectivity index (χ3v) is 4.71. The molecule has 1 heterocycles. The molecule has 0 aliphatic rings. The van der Waals surface area contributed by atoms with Gasteiger partial charge in [-0.05, 0) is 46.8 Å². The third-order valence-electron chi connectivity index (χ3n) is 2.89. The van der Waals surface area contributed by atoms with Crippen molar-refractivity contribution in [1.82, 2.24) is 14.9 Å². The average Bonchev–Trinajstić information content (AvgIpc) is 2.45. The second-order valence-corrected chi connectivity index (χ2v) is 8.43. The molecule has 6 nitrogen and oxygen atoms in total. The molecule has 24 heavy (non-hydrogen) atoms. The fraction of sp³-hybridized carbons (Fsp3) is 0.412. The quantitative estimate of drug-likeness (QED) is 0.897. The molecule has 7 heteroatoms. The van der Waals surface area contributed by atoms with Crippen LogP contribution in [-0.2, 0) is 10.0 Å². The summed E-state index contributed by atoms with van der Waals surface area (Å²) in [6.45, 7) is 9.19. The van der Waals surface area contributed by atoms with Crippen LogP contribution in [0.25, 0.3) is 11.3 Å². The summed E-state index contributed by atoms with van der Waals surface area (Å²) in [4.78, 5) is 0.173. The third kappa shape index (κ3) is 4.75. The van der Waals surface area contributed by atoms with E-state index in [9.17, 15) is 8.42 Å². The fourth-order valence-corrected chi connectivity index (χ4v) is 3.77. The predicted molar refractivity (Wildman–Crippen MR) is 93.3 cm³/mol. The zero-order chi connectivity index (χ0) is 18.0. The summed E-state index contributed by atoms with van der Waals surface area (Å²) in [5.74, 6) is 0.405. The second kappa shape index (κ2) is 6.86. The van der Waals surface area contributed by atoms with Gasteiger partial charge < -0.3 is 4.74 Å². The first kappa shape index (κ1) is 18.4. The molecule has 0 amide bonds. The number of hydrogen-bond acceptors (Lipinski definition) is 5. The smallest absolute Gasteiger partial charge is 0.241 e. The molecule has 0 aliphatic carbocycles. The number of ether oxygens (including phenoxy) is 1. The lowest BCUT2D eigenvalue weighted by Crippen LogP contribution is -2.40. The number of nitrogens with zero attached hydrogens (tertiary/aromatic N) is 2. The van der Waals surface area contributed by atoms with Crippen molar-refractivity contribution < 1.29 is 13.2 Å². The number of benzene rings is 1. The molecule has 0 radical (unpaired) electrons. The predicted octanol–water partition coefficient (Wildman–Crippen LogP) is 3.01. The van der Waals surface area contributed by atoms with Crippen LogP contribution < -0.4 is 9.46 Å². The summed E-state index contributed by atoms with van der Waals surface area (Å²) in [6, 6.07) is 10.1. The summed E-state index contributed by atoms with van der Waals surface area (Å²) >= 11 is 0. The Balaban J connectivity index is 2.42. The van der Waals surface area contributed by atoms with E-state index in [1.54, 1.807) is 57.2 Å². The van der Waals surface area contributed by atoms with Gasteiger partial charge in [0, 0.05) is 17.2 Å². The summed E-state index contributed by atoms with van der Waals surface area (Å²) in [5, 5.41) is 8.11. The van der Waals surface area contributed by atoms with Crippen LogP contribution in [-0.4, -0.2) is 30.3 Å². The highest BCUT2D eigenvalue weighted by atomic mass is 32.2. The van der Waals surface area contributed by atoms with E-state index in [-0.39, 0.29) is 11.0 Å². The largest absolute Gasteiger partial charge is 0.474 e. The van der Waals surface area contributed by atoms with Gasteiger partial charge in [-0.3, -0.25) is 0 Å². The molecular weight excluding hydrogens is 326 g/mol. The van der Waals surface area contributed by atoms with Crippen molar-refractivity contribution in [2.75, 3.05) is 0 Å². The summed E-state index contributed by atoms with van der Waals surface area (Å²) in [7, 11) is -3.67. The van der Waals surface area contributed by atoms with Crippen molar-refractivity contribution in [3.05, 3.63) is 36.4 Å². The van der Waals surface area contributed by atoms with Crippen molar-refractivity contribution in [3.63, 3.8) is 0 Å². The Bertz CT molecular complexity index is 795. The Morgan fingerprint density at radius 2 is 1.71 bits per heavy atom. The van der Waals surface area contributed by atoms with Crippen LogP contribution in [0.15, 0.2) is 41.3 Å². The second-order valence-electron chi connectivity index (χ2n) is 6.78. The van der Waals surface area contributed by atoms with Crippen LogP contribution >= 0.6 is 0 Å². The SMILES string of the molecule is CC(C)Oc1ccc(-c2ccccc2S(=O)(=O)NC(C)(C)C)nn1. The van der Waals surface area contributed by atoms with Gasteiger partial charge in [0.15, 0.2) is 0 Å². The van der Waals surface area contributed by atoms with E-state index in [4.69, 9.17) is 4.74 Å². The minimum Gasteiger partial charge on any atom is -0.474 e. The Kier molecular flexibility index (Phi) is 5.25. The zero-order valence-electron chi connectivity index (χ0n) is 14.6. The van der Waals surface area contributed by atoms with E-state index in [1.165, 1.54) is 0 Å². The first-order valence-electron chi connectivity index (χ1n) is 7.72. The van der Waals surface area contributed by atoms with Crippen molar-refractivity contribution in [1.29, 1.82) is 0 Å². The first-order valence-corrected chi connectivity index (χ1v) is 9.20. The van der Waals surface area contributed by atoms with Gasteiger partial charge >= 0.3 is 0 Å². The molecule has 0 saturated carbocycles. The van der Waals surface area contributed by atoms with E-state index in [0.29, 0.717) is 17.1 Å². The first-order chi connectivity index (χ1) is 11.1. The van der Waals surface area contributed by atoms with Crippen LogP contribution in [0.4, 0.5) is 0 Å². The lowest BCUT2D eigenvalue weighted by atomic mass is 10.1. The van der Waals surface area contributed by atoms with E-state index in [1.807, 2.05) is 13.8 Å². The topological polar surface area (TPSA) is 81.2 Å². The maximum Gasteiger partial charge on any atom is 0.241 e. The highest BCUT2D eigenvalue weighted by Gasteiger charge is 2.25. The van der Waals surface area contributed by atoms with Gasteiger partial charge in [-0.15, -0.1) is 10.2 Å². The molecule has 130 valence electrons. The van der Waals surface area contributed by atoms with Crippen molar-refractivity contribution in [3.8, 4) is 17.1 Å². The van der Waals surface area contributed by atoms with E-state index in [0.717, 1.165) is 0 Å². The molecule has 0 atom stereocenters. The number of sulfonamides is 1. The fourth-order valence-electron chi connectivity index (χ4n) is 2.14. The van der Waals surface area contributed by atoms with E-state index < -0.39 is 15.6 Å². The standard InChI is InChI=1S/C17H23N3O3S/c1-12(2)23-16-11-10-14(18-19-16)13-8-6-7-9-15(13)24(21,22)20-17(3,4)5/h6-12,20H,1-5H3. The highest BCUT2D eigenvalue weighted by Crippen LogP contribution is 2.27. The lowest BCUT2D eigenvalue weighted by Gasteiger charge is -2.21. The van der Waals surface area contributed by atoms with Crippen LogP contribution in [0.3, 0.4) is 0 Å². The summed E-state index contributed by atoms with van der Waals surface area (Å²) in [6.07, 6.45) is -0.00574. The van der Waals surface area contributed by atoms with Crippen LogP contribution in [0.2, 0.25) is 0 Å². The normalized spacial score (nSPS) is 12.4. The maximum atomic E-state index is 12.7. The Morgan fingerprint density at radius 3 is 2.25 bits per heavy atom. The molecule has 1 aromatic carbocycles. The maximum absolute atomic E-state index is 12.7. The van der Waals surface area contributed by atoms with Gasteiger partial charge in [-0.1, -0.05) is 18.2 Å². The minimum absolute atomic E-state index is 0.00574. The van der Waals surface area contributed by atoms with E-state index >= 15 is 0 Å². The zero-order valence-corrected chi connectivity index (χ0v) is 15.4. The Morgan fingerprint density at radius 1 is 1.04 bits per heavy atom. The highest BCUT2D eigenvalue weighted by molar-refractivity contribution is 7.89. The molecule has 0 saturated heterocycles. The van der Waals surface area contributed by atoms with Crippen molar-refractivity contribution in [2.24, 2.45) is 0 Å². The van der Waals surface area contributed by atoms with Gasteiger partial charge in [0.1, 0.15) is 0 Å². The Hall–Kier alpha value is -1.99. The molecule has 2 aromatic rings. The van der Waals surface area contributed by atoms with Crippen LogP contribution in [0, 0.1) is 0 Å². The summed E-state index contributed by atoms with van der Waals surface area (Å²) < 4.78 is 33.5. The number of rotatable bonds is 5. The van der Waals surface area contributed by atoms with Crippen LogP contribution in [0.1, 0.15) is 34.6 Å². The van der Waals surface area contributed by atoms with Gasteiger partial charge in [0.05, 0.1) is 16.7 Å². The van der Waals surface area contributed by atoms with Crippen molar-refractivity contribution >= 4 is 10.0 Å². The van der Waals surface area contributed by atoms with Crippen molar-refractivity contribution in [2.45, 2.75) is 51.2 Å². The molecular formula is C17H23N3O3S. The molecule has 0 aliphatic heterocycles. The van der Waals surface area contributed by atoms with E-state index in [2.05, 4.69) is 14.9 Å². The average molecular weight is 349 g/mol. The molecule has 0 fully saturated rings. The lowest BCUT2D eigenvalue weighted by molar-refractivity contribution is 0.230. The molecule has 1 N–H and O–H groups in total. The monoisotopic (exact) mass is 349 g/mol. The molecule has 0 spiro atoms. The minimum atomic E-state index is -3.67. The van der Waals surface area contributed by atoms with Crippen LogP contribution in [0.5, 0.6) is 5.88 Å². The molecule has 0 unspecified atom stereocenters. The summed E-state index contributed by atoms with van der Waals surface area (Å²) in [5.41, 5.74) is 0.394. The molecule has 1 aromatic heterocycles. The van der Waals surface area contributed by atoms with Gasteiger partial charge in [-0.2, -0.15) is 0 Å². The Labute approximate surface area is 143 Å². The van der Waals surface area contributed by atoms with Gasteiger partial charge in [-0.25, -0.2) is 13.1 Å². The molecule has 2 rings (SSSR count). The molecule has 0 bridgehead atoms. The number of aromatic nitrogens is 2. The van der Waals surface area contributed by atoms with Gasteiger partial charge in [0.2, 0.25) is 15.9 Å².